The zero-order chi connectivity index (χ0) is 23.3. The molecule has 8 heteroatoms. The van der Waals surface area contributed by atoms with Crippen LogP contribution in [0.15, 0.2) is 79.1 Å². The highest BCUT2D eigenvalue weighted by Gasteiger charge is 2.24. The zero-order valence-electron chi connectivity index (χ0n) is 18.6. The fourth-order valence-electron chi connectivity index (χ4n) is 4.07. The Kier molecular flexibility index (Phi) is 5.99. The molecule has 4 aromatic rings. The zero-order valence-corrected chi connectivity index (χ0v) is 18.6. The Hall–Kier alpha value is -4.51. The summed E-state index contributed by atoms with van der Waals surface area (Å²) in [6.45, 7) is 2.73. The van der Waals surface area contributed by atoms with Gasteiger partial charge in [-0.15, -0.1) is 0 Å². The molecule has 0 saturated carbocycles. The Morgan fingerprint density at radius 1 is 0.882 bits per heavy atom. The Morgan fingerprint density at radius 2 is 1.59 bits per heavy atom. The van der Waals surface area contributed by atoms with Gasteiger partial charge in [0, 0.05) is 44.1 Å². The molecule has 1 aliphatic rings. The number of aromatic nitrogens is 4. The van der Waals surface area contributed by atoms with Crippen LogP contribution in [-0.2, 0) is 11.3 Å². The van der Waals surface area contributed by atoms with Gasteiger partial charge in [-0.1, -0.05) is 42.5 Å². The highest BCUT2D eigenvalue weighted by atomic mass is 16.2. The highest BCUT2D eigenvalue weighted by Crippen LogP contribution is 2.27. The summed E-state index contributed by atoms with van der Waals surface area (Å²) < 4.78 is 1.76. The Morgan fingerprint density at radius 3 is 2.26 bits per heavy atom. The van der Waals surface area contributed by atoms with E-state index in [4.69, 9.17) is 10.4 Å². The Bertz CT molecular complexity index is 1300. The topological polar surface area (TPSA) is 90.9 Å². The molecule has 2 aromatic carbocycles. The molecule has 0 bridgehead atoms. The van der Waals surface area contributed by atoms with E-state index in [9.17, 15) is 4.79 Å². The van der Waals surface area contributed by atoms with Crippen LogP contribution in [0.5, 0.6) is 0 Å². The van der Waals surface area contributed by atoms with E-state index in [0.29, 0.717) is 37.7 Å². The summed E-state index contributed by atoms with van der Waals surface area (Å²) in [5.41, 5.74) is 4.13. The van der Waals surface area contributed by atoms with E-state index in [0.717, 1.165) is 22.5 Å². The first-order chi connectivity index (χ1) is 16.7. The molecule has 0 aliphatic carbocycles. The lowest BCUT2D eigenvalue weighted by Crippen LogP contribution is -2.50. The van der Waals surface area contributed by atoms with Crippen molar-refractivity contribution in [3.05, 3.63) is 84.7 Å². The van der Waals surface area contributed by atoms with E-state index in [1.54, 1.807) is 35.3 Å². The normalized spacial score (nSPS) is 13.5. The summed E-state index contributed by atoms with van der Waals surface area (Å²) in [5, 5.41) is 13.9. The Balaban J connectivity index is 1.36. The van der Waals surface area contributed by atoms with Crippen molar-refractivity contribution in [1.82, 2.24) is 24.6 Å². The molecule has 1 amide bonds. The first-order valence-electron chi connectivity index (χ1n) is 11.1. The molecule has 8 nitrogen and oxygen atoms in total. The average molecular weight is 450 g/mol. The van der Waals surface area contributed by atoms with Gasteiger partial charge in [-0.2, -0.15) is 10.4 Å². The van der Waals surface area contributed by atoms with Crippen LogP contribution in [0.3, 0.4) is 0 Å². The number of piperazine rings is 1. The minimum absolute atomic E-state index is 0.0197. The predicted molar refractivity (Wildman–Crippen MR) is 129 cm³/mol. The van der Waals surface area contributed by atoms with Crippen LogP contribution in [0.2, 0.25) is 0 Å². The molecule has 5 rings (SSSR count). The quantitative estimate of drug-likeness (QED) is 0.465. The largest absolute Gasteiger partial charge is 0.338 e. The van der Waals surface area contributed by atoms with Gasteiger partial charge in [-0.25, -0.2) is 9.97 Å². The van der Waals surface area contributed by atoms with Crippen LogP contribution >= 0.6 is 0 Å². The molecular formula is C26H23N7O. The molecule has 0 unspecified atom stereocenters. The van der Waals surface area contributed by atoms with Gasteiger partial charge in [0.05, 0.1) is 23.0 Å². The van der Waals surface area contributed by atoms with Gasteiger partial charge in [-0.3, -0.25) is 9.48 Å². The van der Waals surface area contributed by atoms with Crippen molar-refractivity contribution >= 4 is 11.9 Å². The van der Waals surface area contributed by atoms with Gasteiger partial charge >= 0.3 is 0 Å². The maximum absolute atomic E-state index is 13.2. The van der Waals surface area contributed by atoms with E-state index >= 15 is 0 Å². The Labute approximate surface area is 197 Å². The standard InChI is InChI=1S/C26H23N7O/c27-18-20-7-9-22(10-8-20)24-17-23(21-5-2-1-3-6-21)30-33(24)19-25(34)31-13-15-32(16-14-31)26-28-11-4-12-29-26/h1-12,17H,13-16,19H2. The molecule has 0 radical (unpaired) electrons. The molecule has 0 atom stereocenters. The average Bonchev–Trinajstić information content (AvgIpc) is 3.33. The lowest BCUT2D eigenvalue weighted by atomic mass is 10.1. The first-order valence-corrected chi connectivity index (χ1v) is 11.1. The number of carbonyl (C=O) groups is 1. The third-order valence-electron chi connectivity index (χ3n) is 5.91. The van der Waals surface area contributed by atoms with Gasteiger partial charge in [0.2, 0.25) is 11.9 Å². The number of carbonyl (C=O) groups excluding carboxylic acids is 1. The van der Waals surface area contributed by atoms with Crippen molar-refractivity contribution in [3.8, 4) is 28.6 Å². The summed E-state index contributed by atoms with van der Waals surface area (Å²) in [5.74, 6) is 0.712. The number of nitrogens with zero attached hydrogens (tertiary/aromatic N) is 7. The summed E-state index contributed by atoms with van der Waals surface area (Å²) in [7, 11) is 0. The fraction of sp³-hybridized carbons (Fsp3) is 0.192. The fourth-order valence-corrected chi connectivity index (χ4v) is 4.07. The van der Waals surface area contributed by atoms with Crippen LogP contribution in [0, 0.1) is 11.3 Å². The number of anilines is 1. The van der Waals surface area contributed by atoms with Gasteiger partial charge < -0.3 is 9.80 Å². The molecule has 3 heterocycles. The molecular weight excluding hydrogens is 426 g/mol. The molecule has 168 valence electrons. The second-order valence-corrected chi connectivity index (χ2v) is 8.04. The minimum atomic E-state index is 0.0197. The van der Waals surface area contributed by atoms with Crippen LogP contribution < -0.4 is 4.90 Å². The summed E-state index contributed by atoms with van der Waals surface area (Å²) in [6.07, 6.45) is 3.46. The summed E-state index contributed by atoms with van der Waals surface area (Å²) in [4.78, 5) is 25.8. The second-order valence-electron chi connectivity index (χ2n) is 8.04. The van der Waals surface area contributed by atoms with E-state index in [1.807, 2.05) is 53.4 Å². The van der Waals surface area contributed by atoms with Crippen LogP contribution in [0.1, 0.15) is 5.56 Å². The van der Waals surface area contributed by atoms with Gasteiger partial charge in [0.15, 0.2) is 0 Å². The predicted octanol–water partition coefficient (Wildman–Crippen LogP) is 3.23. The van der Waals surface area contributed by atoms with Crippen molar-refractivity contribution in [1.29, 1.82) is 5.26 Å². The van der Waals surface area contributed by atoms with Crippen LogP contribution in [0.25, 0.3) is 22.5 Å². The summed E-state index contributed by atoms with van der Waals surface area (Å²) in [6, 6.07) is 23.2. The maximum Gasteiger partial charge on any atom is 0.244 e. The van der Waals surface area contributed by atoms with Crippen LogP contribution in [0.4, 0.5) is 5.95 Å². The second kappa shape index (κ2) is 9.55. The number of benzene rings is 2. The number of rotatable bonds is 5. The number of amides is 1. The van der Waals surface area contributed by atoms with Gasteiger partial charge in [0.1, 0.15) is 6.54 Å². The lowest BCUT2D eigenvalue weighted by Gasteiger charge is -2.34. The van der Waals surface area contributed by atoms with Gasteiger partial charge in [-0.05, 0) is 29.8 Å². The smallest absolute Gasteiger partial charge is 0.244 e. The molecule has 1 aliphatic heterocycles. The van der Waals surface area contributed by atoms with Crippen LogP contribution in [-0.4, -0.2) is 56.7 Å². The third-order valence-corrected chi connectivity index (χ3v) is 5.91. The third kappa shape index (κ3) is 4.50. The van der Waals surface area contributed by atoms with E-state index < -0.39 is 0 Å². The van der Waals surface area contributed by atoms with Crippen molar-refractivity contribution in [2.24, 2.45) is 0 Å². The SMILES string of the molecule is N#Cc1ccc(-c2cc(-c3ccccc3)nn2CC(=O)N2CCN(c3ncccn3)CC2)cc1. The van der Waals surface area contributed by atoms with Gasteiger partial charge in [0.25, 0.3) is 0 Å². The van der Waals surface area contributed by atoms with Crippen molar-refractivity contribution < 1.29 is 4.79 Å². The van der Waals surface area contributed by atoms with Crippen molar-refractivity contribution in [2.75, 3.05) is 31.1 Å². The molecule has 34 heavy (non-hydrogen) atoms. The molecule has 1 fully saturated rings. The minimum Gasteiger partial charge on any atom is -0.338 e. The molecule has 0 N–H and O–H groups in total. The van der Waals surface area contributed by atoms with E-state index in [-0.39, 0.29) is 12.5 Å². The number of hydrogen-bond acceptors (Lipinski definition) is 6. The first kappa shape index (κ1) is 21.3. The van der Waals surface area contributed by atoms with Crippen molar-refractivity contribution in [2.45, 2.75) is 6.54 Å². The molecule has 2 aromatic heterocycles. The monoisotopic (exact) mass is 449 g/mol. The number of hydrogen-bond donors (Lipinski definition) is 0. The number of nitriles is 1. The molecule has 1 saturated heterocycles. The highest BCUT2D eigenvalue weighted by molar-refractivity contribution is 5.78. The molecule has 0 spiro atoms. The van der Waals surface area contributed by atoms with Crippen molar-refractivity contribution in [3.63, 3.8) is 0 Å². The van der Waals surface area contributed by atoms with E-state index in [1.165, 1.54) is 0 Å². The summed E-state index contributed by atoms with van der Waals surface area (Å²) >= 11 is 0. The lowest BCUT2D eigenvalue weighted by molar-refractivity contribution is -0.132. The maximum atomic E-state index is 13.2. The van der Waals surface area contributed by atoms with E-state index in [2.05, 4.69) is 20.9 Å².